The first-order chi connectivity index (χ1) is 12.9. The molecule has 0 spiro atoms. The fourth-order valence-corrected chi connectivity index (χ4v) is 4.53. The van der Waals surface area contributed by atoms with Crippen molar-refractivity contribution in [2.75, 3.05) is 19.0 Å². The minimum absolute atomic E-state index is 0.0287. The van der Waals surface area contributed by atoms with E-state index in [0.29, 0.717) is 15.9 Å². The number of anilines is 1. The molecule has 27 heavy (non-hydrogen) atoms. The molecule has 2 aromatic carbocycles. The zero-order valence-electron chi connectivity index (χ0n) is 14.2. The first-order valence-corrected chi connectivity index (χ1v) is 10.5. The topological polar surface area (TPSA) is 97.4 Å². The van der Waals surface area contributed by atoms with Crippen molar-refractivity contribution in [2.45, 2.75) is 11.3 Å². The number of sulfonamides is 1. The average Bonchev–Trinajstić information content (AvgIpc) is 3.02. The Kier molecular flexibility index (Phi) is 5.95. The average molecular weight is 426 g/mol. The van der Waals surface area contributed by atoms with E-state index in [1.54, 1.807) is 31.4 Å². The number of nitrogens with zero attached hydrogens (tertiary/aromatic N) is 1. The molecule has 0 bridgehead atoms. The number of nitrogens with one attached hydrogen (secondary N) is 2. The second-order valence-corrected chi connectivity index (χ2v) is 8.74. The van der Waals surface area contributed by atoms with Crippen molar-refractivity contribution >= 4 is 54.2 Å². The number of hydrogen-bond acceptors (Lipinski definition) is 6. The smallest absolute Gasteiger partial charge is 0.240 e. The molecule has 0 saturated carbocycles. The van der Waals surface area contributed by atoms with Gasteiger partial charge >= 0.3 is 0 Å². The summed E-state index contributed by atoms with van der Waals surface area (Å²) in [5.41, 5.74) is 0.748. The largest absolute Gasteiger partial charge is 0.497 e. The maximum Gasteiger partial charge on any atom is 0.240 e. The molecule has 0 atom stereocenters. The van der Waals surface area contributed by atoms with Gasteiger partial charge in [-0.1, -0.05) is 29.0 Å². The van der Waals surface area contributed by atoms with Crippen LogP contribution in [0.5, 0.6) is 5.75 Å². The van der Waals surface area contributed by atoms with Gasteiger partial charge in [-0.2, -0.15) is 0 Å². The zero-order chi connectivity index (χ0) is 19.4. The Morgan fingerprint density at radius 1 is 1.26 bits per heavy atom. The lowest BCUT2D eigenvalue weighted by Crippen LogP contribution is -2.27. The van der Waals surface area contributed by atoms with Crippen LogP contribution in [-0.2, 0) is 14.8 Å². The zero-order valence-corrected chi connectivity index (χ0v) is 16.6. The second kappa shape index (κ2) is 8.22. The van der Waals surface area contributed by atoms with Crippen LogP contribution in [0.1, 0.15) is 6.42 Å². The van der Waals surface area contributed by atoms with Crippen LogP contribution >= 0.6 is 22.9 Å². The van der Waals surface area contributed by atoms with Crippen molar-refractivity contribution in [3.8, 4) is 5.75 Å². The van der Waals surface area contributed by atoms with Gasteiger partial charge < -0.3 is 10.1 Å². The van der Waals surface area contributed by atoms with Gasteiger partial charge in [0.25, 0.3) is 0 Å². The van der Waals surface area contributed by atoms with Gasteiger partial charge in [0, 0.05) is 18.0 Å². The van der Waals surface area contributed by atoms with Gasteiger partial charge in [-0.3, -0.25) is 4.79 Å². The highest BCUT2D eigenvalue weighted by Crippen LogP contribution is 2.29. The minimum atomic E-state index is -3.72. The van der Waals surface area contributed by atoms with Crippen LogP contribution in [0.3, 0.4) is 0 Å². The Labute approximate surface area is 165 Å². The van der Waals surface area contributed by atoms with E-state index in [1.807, 2.05) is 6.07 Å². The number of benzene rings is 2. The van der Waals surface area contributed by atoms with E-state index < -0.39 is 10.0 Å². The van der Waals surface area contributed by atoms with E-state index in [4.69, 9.17) is 16.3 Å². The van der Waals surface area contributed by atoms with Crippen LogP contribution in [0.25, 0.3) is 10.2 Å². The molecule has 142 valence electrons. The maximum absolute atomic E-state index is 12.2. The van der Waals surface area contributed by atoms with Crippen molar-refractivity contribution in [1.82, 2.24) is 9.71 Å². The summed E-state index contributed by atoms with van der Waals surface area (Å²) in [4.78, 5) is 16.4. The predicted molar refractivity (Wildman–Crippen MR) is 106 cm³/mol. The van der Waals surface area contributed by atoms with Crippen molar-refractivity contribution in [2.24, 2.45) is 0 Å². The van der Waals surface area contributed by atoms with Crippen molar-refractivity contribution in [3.05, 3.63) is 47.5 Å². The highest BCUT2D eigenvalue weighted by molar-refractivity contribution is 7.89. The molecule has 7 nitrogen and oxygen atoms in total. The molecular weight excluding hydrogens is 410 g/mol. The van der Waals surface area contributed by atoms with Gasteiger partial charge in [-0.15, -0.1) is 0 Å². The fourth-order valence-electron chi connectivity index (χ4n) is 2.28. The number of carbonyl (C=O) groups is 1. The molecule has 0 aliphatic rings. The summed E-state index contributed by atoms with van der Waals surface area (Å²) >= 11 is 7.12. The summed E-state index contributed by atoms with van der Waals surface area (Å²) in [6, 6.07) is 11.3. The standard InChI is InChI=1S/C17H16ClN3O4S2/c1-25-12-5-6-14-15(10-12)26-17(20-14)21-16(22)7-8-19-27(23,24)13-4-2-3-11(18)9-13/h2-6,9-10,19H,7-8H2,1H3,(H,20,21,22). The second-order valence-electron chi connectivity index (χ2n) is 5.51. The number of fused-ring (bicyclic) bond motifs is 1. The van der Waals surface area contributed by atoms with E-state index in [0.717, 1.165) is 10.2 Å². The van der Waals surface area contributed by atoms with E-state index >= 15 is 0 Å². The van der Waals surface area contributed by atoms with E-state index in [-0.39, 0.29) is 23.8 Å². The number of amides is 1. The van der Waals surface area contributed by atoms with Crippen molar-refractivity contribution in [1.29, 1.82) is 0 Å². The summed E-state index contributed by atoms with van der Waals surface area (Å²) in [5.74, 6) is 0.370. The lowest BCUT2D eigenvalue weighted by atomic mass is 10.3. The van der Waals surface area contributed by atoms with Gasteiger partial charge in [0.15, 0.2) is 5.13 Å². The lowest BCUT2D eigenvalue weighted by molar-refractivity contribution is -0.116. The molecule has 0 unspecified atom stereocenters. The number of thiazole rings is 1. The van der Waals surface area contributed by atoms with Gasteiger partial charge in [0.05, 0.1) is 22.2 Å². The maximum atomic E-state index is 12.2. The summed E-state index contributed by atoms with van der Waals surface area (Å²) < 4.78 is 32.8. The monoisotopic (exact) mass is 425 g/mol. The van der Waals surface area contributed by atoms with E-state index in [2.05, 4.69) is 15.0 Å². The Morgan fingerprint density at radius 3 is 2.81 bits per heavy atom. The molecule has 1 heterocycles. The van der Waals surface area contributed by atoms with Crippen molar-refractivity contribution < 1.29 is 17.9 Å². The molecule has 0 radical (unpaired) electrons. The lowest BCUT2D eigenvalue weighted by Gasteiger charge is -2.07. The molecule has 1 aromatic heterocycles. The third-order valence-corrected chi connectivity index (χ3v) is 6.22. The molecule has 3 rings (SSSR count). The van der Waals surface area contributed by atoms with Crippen LogP contribution in [0.4, 0.5) is 5.13 Å². The summed E-state index contributed by atoms with van der Waals surface area (Å²) in [6.45, 7) is -0.0423. The molecule has 2 N–H and O–H groups in total. The van der Waals surface area contributed by atoms with Gasteiger partial charge in [0.2, 0.25) is 15.9 Å². The number of hydrogen-bond donors (Lipinski definition) is 2. The highest BCUT2D eigenvalue weighted by atomic mass is 35.5. The SMILES string of the molecule is COc1ccc2nc(NC(=O)CCNS(=O)(=O)c3cccc(Cl)c3)sc2c1. The molecular formula is C17H16ClN3O4S2. The van der Waals surface area contributed by atoms with Crippen LogP contribution < -0.4 is 14.8 Å². The summed E-state index contributed by atoms with van der Waals surface area (Å²) in [7, 11) is -2.14. The Bertz CT molecular complexity index is 1080. The fraction of sp³-hybridized carbons (Fsp3) is 0.176. The number of methoxy groups -OCH3 is 1. The number of ether oxygens (including phenoxy) is 1. The van der Waals surface area contributed by atoms with Gasteiger partial charge in [0.1, 0.15) is 5.75 Å². The number of rotatable bonds is 7. The van der Waals surface area contributed by atoms with Gasteiger partial charge in [-0.05, 0) is 36.4 Å². The van der Waals surface area contributed by atoms with Crippen LogP contribution in [0.15, 0.2) is 47.4 Å². The molecule has 0 aliphatic carbocycles. The quantitative estimate of drug-likeness (QED) is 0.605. The first-order valence-electron chi connectivity index (χ1n) is 7.87. The molecule has 10 heteroatoms. The van der Waals surface area contributed by atoms with Crippen molar-refractivity contribution in [3.63, 3.8) is 0 Å². The molecule has 1 amide bonds. The normalized spacial score (nSPS) is 11.5. The Hall–Kier alpha value is -2.20. The minimum Gasteiger partial charge on any atom is -0.497 e. The van der Waals surface area contributed by atoms with Crippen LogP contribution in [0, 0.1) is 0 Å². The number of halogens is 1. The molecule has 0 saturated heterocycles. The highest BCUT2D eigenvalue weighted by Gasteiger charge is 2.15. The Balaban J connectivity index is 1.57. The Morgan fingerprint density at radius 2 is 2.07 bits per heavy atom. The van der Waals surface area contributed by atoms with E-state index in [1.165, 1.54) is 23.5 Å². The first kappa shape index (κ1) is 19.6. The van der Waals surface area contributed by atoms with E-state index in [9.17, 15) is 13.2 Å². The molecule has 0 aliphatic heterocycles. The molecule has 0 fully saturated rings. The number of carbonyl (C=O) groups excluding carboxylic acids is 1. The summed E-state index contributed by atoms with van der Waals surface area (Å²) in [6.07, 6.45) is -0.0287. The third-order valence-electron chi connectivity index (χ3n) is 3.59. The summed E-state index contributed by atoms with van der Waals surface area (Å²) in [5, 5.41) is 3.44. The van der Waals surface area contributed by atoms with Gasteiger partial charge in [-0.25, -0.2) is 18.1 Å². The number of aromatic nitrogens is 1. The van der Waals surface area contributed by atoms with Crippen LogP contribution in [-0.4, -0.2) is 33.0 Å². The predicted octanol–water partition coefficient (Wildman–Crippen LogP) is 3.27. The van der Waals surface area contributed by atoms with Crippen LogP contribution in [0.2, 0.25) is 5.02 Å². The third kappa shape index (κ3) is 4.95. The molecule has 3 aromatic rings.